The Kier molecular flexibility index (Phi) is 6.64. The molecule has 33 heavy (non-hydrogen) atoms. The number of fused-ring (bicyclic) bond motifs is 1. The van der Waals surface area contributed by atoms with Crippen LogP contribution in [-0.2, 0) is 24.3 Å². The topological polar surface area (TPSA) is 142 Å². The number of ether oxygens (including phenoxy) is 1. The Morgan fingerprint density at radius 3 is 2.85 bits per heavy atom. The van der Waals surface area contributed by atoms with E-state index < -0.39 is 34.5 Å². The molecule has 2 heterocycles. The molecule has 170 valence electrons. The monoisotopic (exact) mass is 485 g/mol. The van der Waals surface area contributed by atoms with Crippen LogP contribution in [0.15, 0.2) is 47.4 Å². The zero-order chi connectivity index (χ0) is 23.4. The van der Waals surface area contributed by atoms with Gasteiger partial charge in [0.25, 0.3) is 5.91 Å². The van der Waals surface area contributed by atoms with Crippen LogP contribution in [0.25, 0.3) is 11.0 Å². The van der Waals surface area contributed by atoms with Gasteiger partial charge in [0, 0.05) is 12.2 Å². The number of esters is 1. The van der Waals surface area contributed by atoms with E-state index in [2.05, 4.69) is 14.1 Å². The second-order valence-electron chi connectivity index (χ2n) is 7.36. The van der Waals surface area contributed by atoms with Crippen LogP contribution in [0.3, 0.4) is 0 Å². The maximum Gasteiger partial charge on any atom is 0.324 e. The summed E-state index contributed by atoms with van der Waals surface area (Å²) in [4.78, 5) is 25.0. The molecule has 2 aromatic carbocycles. The van der Waals surface area contributed by atoms with Gasteiger partial charge in [0.05, 0.1) is 23.4 Å². The van der Waals surface area contributed by atoms with Gasteiger partial charge in [0.2, 0.25) is 10.0 Å². The van der Waals surface area contributed by atoms with E-state index in [1.807, 2.05) is 6.07 Å². The predicted molar refractivity (Wildman–Crippen MR) is 120 cm³/mol. The zero-order valence-corrected chi connectivity index (χ0v) is 18.9. The number of benzene rings is 2. The van der Waals surface area contributed by atoms with Crippen molar-refractivity contribution in [2.24, 2.45) is 0 Å². The van der Waals surface area contributed by atoms with Crippen LogP contribution < -0.4 is 5.32 Å². The van der Waals surface area contributed by atoms with E-state index >= 15 is 0 Å². The third-order valence-electron chi connectivity index (χ3n) is 5.18. The quantitative estimate of drug-likeness (QED) is 0.524. The van der Waals surface area contributed by atoms with Crippen molar-refractivity contribution in [1.29, 1.82) is 5.26 Å². The van der Waals surface area contributed by atoms with Crippen molar-refractivity contribution in [3.05, 3.63) is 48.0 Å². The number of amides is 1. The molecule has 1 unspecified atom stereocenters. The highest BCUT2D eigenvalue weighted by molar-refractivity contribution is 7.89. The summed E-state index contributed by atoms with van der Waals surface area (Å²) in [7, 11) is -4.04. The van der Waals surface area contributed by atoms with E-state index in [0.29, 0.717) is 29.6 Å². The molecule has 3 aromatic rings. The summed E-state index contributed by atoms with van der Waals surface area (Å²) in [5, 5.41) is 11.5. The molecule has 0 radical (unpaired) electrons. The average molecular weight is 486 g/mol. The van der Waals surface area contributed by atoms with Crippen LogP contribution >= 0.6 is 11.7 Å². The molecular weight excluding hydrogens is 466 g/mol. The SMILES string of the molecule is N#Cc1cccc(NC(=O)COC(=O)C2CCCCN2S(=O)(=O)c2cccc3nsnc23)c1. The second kappa shape index (κ2) is 9.62. The second-order valence-corrected chi connectivity index (χ2v) is 9.75. The Morgan fingerprint density at radius 2 is 2.03 bits per heavy atom. The van der Waals surface area contributed by atoms with Crippen molar-refractivity contribution in [1.82, 2.24) is 13.1 Å². The minimum absolute atomic E-state index is 0.0106. The van der Waals surface area contributed by atoms with E-state index in [1.165, 1.54) is 12.1 Å². The normalized spacial score (nSPS) is 16.8. The van der Waals surface area contributed by atoms with Gasteiger partial charge in [-0.2, -0.15) is 18.3 Å². The van der Waals surface area contributed by atoms with Gasteiger partial charge in [-0.15, -0.1) is 0 Å². The lowest BCUT2D eigenvalue weighted by molar-refractivity contribution is -0.152. The third-order valence-corrected chi connectivity index (χ3v) is 7.66. The van der Waals surface area contributed by atoms with Gasteiger partial charge in [-0.05, 0) is 49.6 Å². The van der Waals surface area contributed by atoms with Gasteiger partial charge in [-0.3, -0.25) is 9.59 Å². The van der Waals surface area contributed by atoms with Crippen molar-refractivity contribution in [2.45, 2.75) is 30.2 Å². The highest BCUT2D eigenvalue weighted by Crippen LogP contribution is 2.29. The molecular formula is C21H19N5O5S2. The van der Waals surface area contributed by atoms with Crippen molar-refractivity contribution < 1.29 is 22.7 Å². The molecule has 1 amide bonds. The molecule has 0 saturated carbocycles. The van der Waals surface area contributed by atoms with Crippen LogP contribution in [0.1, 0.15) is 24.8 Å². The number of sulfonamides is 1. The predicted octanol–water partition coefficient (Wildman–Crippen LogP) is 2.29. The molecule has 1 fully saturated rings. The molecule has 1 aromatic heterocycles. The number of carbonyl (C=O) groups excluding carboxylic acids is 2. The highest BCUT2D eigenvalue weighted by Gasteiger charge is 2.39. The lowest BCUT2D eigenvalue weighted by atomic mass is 10.1. The Morgan fingerprint density at radius 1 is 1.21 bits per heavy atom. The van der Waals surface area contributed by atoms with E-state index in [4.69, 9.17) is 10.00 Å². The maximum absolute atomic E-state index is 13.4. The minimum Gasteiger partial charge on any atom is -0.454 e. The van der Waals surface area contributed by atoms with Crippen LogP contribution in [0.2, 0.25) is 0 Å². The van der Waals surface area contributed by atoms with Crippen LogP contribution in [0, 0.1) is 11.3 Å². The fourth-order valence-corrected chi connectivity index (χ4v) is 6.04. The molecule has 0 aliphatic carbocycles. The average Bonchev–Trinajstić information content (AvgIpc) is 3.31. The van der Waals surface area contributed by atoms with E-state index in [-0.39, 0.29) is 23.4 Å². The summed E-state index contributed by atoms with van der Waals surface area (Å²) in [5.74, 6) is -1.38. The Hall–Kier alpha value is -3.40. The van der Waals surface area contributed by atoms with Crippen molar-refractivity contribution in [2.75, 3.05) is 18.5 Å². The molecule has 10 nitrogen and oxygen atoms in total. The molecule has 12 heteroatoms. The summed E-state index contributed by atoms with van der Waals surface area (Å²) in [6, 6.07) is 11.9. The first-order chi connectivity index (χ1) is 15.9. The lowest BCUT2D eigenvalue weighted by Gasteiger charge is -2.32. The Balaban J connectivity index is 1.46. The van der Waals surface area contributed by atoms with Crippen LogP contribution in [0.4, 0.5) is 5.69 Å². The molecule has 1 aliphatic heterocycles. The van der Waals surface area contributed by atoms with Crippen molar-refractivity contribution in [3.8, 4) is 6.07 Å². The number of nitrogens with one attached hydrogen (secondary N) is 1. The van der Waals surface area contributed by atoms with Crippen molar-refractivity contribution >= 4 is 50.3 Å². The summed E-state index contributed by atoms with van der Waals surface area (Å²) in [6.07, 6.45) is 1.54. The number of hydrogen-bond donors (Lipinski definition) is 1. The number of nitriles is 1. The van der Waals surface area contributed by atoms with Gasteiger partial charge in [-0.25, -0.2) is 8.42 Å². The molecule has 4 rings (SSSR count). The fraction of sp³-hybridized carbons (Fsp3) is 0.286. The molecule has 0 spiro atoms. The van der Waals surface area contributed by atoms with Gasteiger partial charge in [-0.1, -0.05) is 12.1 Å². The number of hydrogen-bond acceptors (Lipinski definition) is 9. The van der Waals surface area contributed by atoms with Crippen LogP contribution in [-0.4, -0.2) is 52.5 Å². The minimum atomic E-state index is -4.04. The maximum atomic E-state index is 13.4. The number of aromatic nitrogens is 2. The van der Waals surface area contributed by atoms with E-state index in [0.717, 1.165) is 16.0 Å². The zero-order valence-electron chi connectivity index (χ0n) is 17.3. The largest absolute Gasteiger partial charge is 0.454 e. The van der Waals surface area contributed by atoms with Gasteiger partial charge < -0.3 is 10.1 Å². The summed E-state index contributed by atoms with van der Waals surface area (Å²) >= 11 is 0.914. The highest BCUT2D eigenvalue weighted by atomic mass is 32.2. The summed E-state index contributed by atoms with van der Waals surface area (Å²) < 4.78 is 41.3. The number of piperidine rings is 1. The van der Waals surface area contributed by atoms with Gasteiger partial charge in [0.1, 0.15) is 22.0 Å². The molecule has 1 N–H and O–H groups in total. The molecule has 1 atom stereocenters. The number of rotatable bonds is 6. The smallest absolute Gasteiger partial charge is 0.324 e. The number of anilines is 1. The van der Waals surface area contributed by atoms with Crippen molar-refractivity contribution in [3.63, 3.8) is 0 Å². The number of nitrogens with zero attached hydrogens (tertiary/aromatic N) is 4. The lowest BCUT2D eigenvalue weighted by Crippen LogP contribution is -2.48. The van der Waals surface area contributed by atoms with E-state index in [1.54, 1.807) is 30.3 Å². The first kappa shape index (κ1) is 22.8. The van der Waals surface area contributed by atoms with E-state index in [9.17, 15) is 18.0 Å². The first-order valence-corrected chi connectivity index (χ1v) is 12.3. The Labute approximate surface area is 194 Å². The van der Waals surface area contributed by atoms with Gasteiger partial charge >= 0.3 is 5.97 Å². The summed E-state index contributed by atoms with van der Waals surface area (Å²) in [5.41, 5.74) is 1.49. The van der Waals surface area contributed by atoms with Gasteiger partial charge in [0.15, 0.2) is 6.61 Å². The molecule has 0 bridgehead atoms. The third kappa shape index (κ3) is 4.85. The molecule has 1 saturated heterocycles. The Bertz CT molecular complexity index is 1350. The molecule has 1 aliphatic rings. The first-order valence-electron chi connectivity index (χ1n) is 10.1. The number of carbonyl (C=O) groups is 2. The fourth-order valence-electron chi connectivity index (χ4n) is 3.64. The standard InChI is InChI=1S/C21H19N5O5S2/c22-12-14-5-3-6-15(11-14)23-19(27)13-31-21(28)17-8-1-2-10-26(17)33(29,30)18-9-4-7-16-20(18)25-32-24-16/h3-7,9,11,17H,1-2,8,10,13H2,(H,23,27). The van der Waals surface area contributed by atoms with Crippen LogP contribution in [0.5, 0.6) is 0 Å². The summed E-state index contributed by atoms with van der Waals surface area (Å²) in [6.45, 7) is -0.422.